The van der Waals surface area contributed by atoms with Gasteiger partial charge in [0.1, 0.15) is 5.60 Å². The quantitative estimate of drug-likeness (QED) is 0.490. The molecule has 0 spiro atoms. The number of likely N-dealkylation sites (tertiary alicyclic amines) is 2. The van der Waals surface area contributed by atoms with E-state index in [-0.39, 0.29) is 29.8 Å². The molecule has 1 saturated carbocycles. The van der Waals surface area contributed by atoms with Gasteiger partial charge in [-0.3, -0.25) is 14.5 Å². The molecule has 6 heteroatoms. The van der Waals surface area contributed by atoms with Gasteiger partial charge in [0.15, 0.2) is 0 Å². The van der Waals surface area contributed by atoms with Crippen LogP contribution in [-0.4, -0.2) is 76.4 Å². The average molecular weight is 530 g/mol. The zero-order valence-corrected chi connectivity index (χ0v) is 23.1. The van der Waals surface area contributed by atoms with Crippen molar-refractivity contribution in [3.63, 3.8) is 0 Å². The standard InChI is InChI=1S/C33H43N3O3/c1-2-21-36(31(37)18-17-26-11-5-3-6-12-26)29-19-22-34(23-20-29)30-24-35(32(38)27-13-9-10-14-27)25-33(30,39)28-15-7-4-8-16-28/h2-8,11-12,15-16,27,29-30,39H,1,9-10,13-14,17-25H2/t30-,33-/m0/s1. The SMILES string of the molecule is C=CCN(C(=O)CCc1ccccc1)C1CCN([C@H]2CN(C(=O)C3CCCC3)C[C@]2(O)c2ccccc2)CC1. The number of nitrogens with zero attached hydrogens (tertiary/aromatic N) is 3. The molecule has 1 N–H and O–H groups in total. The van der Waals surface area contributed by atoms with Crippen molar-refractivity contribution in [2.45, 2.75) is 69.1 Å². The van der Waals surface area contributed by atoms with E-state index in [1.165, 1.54) is 5.56 Å². The zero-order chi connectivity index (χ0) is 27.2. The summed E-state index contributed by atoms with van der Waals surface area (Å²) in [7, 11) is 0. The number of hydrogen-bond acceptors (Lipinski definition) is 4. The van der Waals surface area contributed by atoms with E-state index in [2.05, 4.69) is 23.6 Å². The van der Waals surface area contributed by atoms with Gasteiger partial charge in [-0.05, 0) is 43.2 Å². The molecule has 0 unspecified atom stereocenters. The molecule has 1 aliphatic carbocycles. The number of amides is 2. The van der Waals surface area contributed by atoms with Crippen molar-refractivity contribution in [3.05, 3.63) is 84.4 Å². The molecule has 2 aliphatic heterocycles. The number of aliphatic hydroxyl groups is 1. The van der Waals surface area contributed by atoms with Crippen LogP contribution in [0.15, 0.2) is 73.3 Å². The molecule has 3 aliphatic rings. The summed E-state index contributed by atoms with van der Waals surface area (Å²) < 4.78 is 0. The topological polar surface area (TPSA) is 64.1 Å². The highest BCUT2D eigenvalue weighted by Gasteiger charge is 2.51. The summed E-state index contributed by atoms with van der Waals surface area (Å²) in [5.74, 6) is 0.483. The summed E-state index contributed by atoms with van der Waals surface area (Å²) in [5.41, 5.74) is 0.954. The van der Waals surface area contributed by atoms with Crippen molar-refractivity contribution in [2.24, 2.45) is 5.92 Å². The van der Waals surface area contributed by atoms with Gasteiger partial charge in [-0.25, -0.2) is 0 Å². The summed E-state index contributed by atoms with van der Waals surface area (Å²) in [6.07, 6.45) is 8.93. The highest BCUT2D eigenvalue weighted by molar-refractivity contribution is 5.80. The Hall–Kier alpha value is -2.96. The van der Waals surface area contributed by atoms with E-state index < -0.39 is 5.60 Å². The number of carbonyl (C=O) groups is 2. The largest absolute Gasteiger partial charge is 0.382 e. The minimum absolute atomic E-state index is 0.101. The summed E-state index contributed by atoms with van der Waals surface area (Å²) in [4.78, 5) is 32.9. The molecule has 6 nitrogen and oxygen atoms in total. The lowest BCUT2D eigenvalue weighted by atomic mass is 9.86. The maximum Gasteiger partial charge on any atom is 0.225 e. The second-order valence-corrected chi connectivity index (χ2v) is 11.6. The lowest BCUT2D eigenvalue weighted by molar-refractivity contribution is -0.135. The van der Waals surface area contributed by atoms with Crippen LogP contribution < -0.4 is 0 Å². The molecular formula is C33H43N3O3. The number of rotatable bonds is 9. The maximum absolute atomic E-state index is 13.4. The predicted octanol–water partition coefficient (Wildman–Crippen LogP) is 4.39. The molecule has 0 bridgehead atoms. The monoisotopic (exact) mass is 529 g/mol. The fourth-order valence-electron chi connectivity index (χ4n) is 6.99. The third-order valence-corrected chi connectivity index (χ3v) is 9.16. The smallest absolute Gasteiger partial charge is 0.225 e. The molecule has 2 aromatic carbocycles. The molecule has 2 atom stereocenters. The highest BCUT2D eigenvalue weighted by Crippen LogP contribution is 2.39. The van der Waals surface area contributed by atoms with E-state index in [4.69, 9.17) is 0 Å². The van der Waals surface area contributed by atoms with Crippen molar-refractivity contribution >= 4 is 11.8 Å². The Morgan fingerprint density at radius 2 is 1.62 bits per heavy atom. The highest BCUT2D eigenvalue weighted by atomic mass is 16.3. The van der Waals surface area contributed by atoms with E-state index in [0.717, 1.165) is 63.6 Å². The Morgan fingerprint density at radius 3 is 2.26 bits per heavy atom. The lowest BCUT2D eigenvalue weighted by Crippen LogP contribution is -2.55. The maximum atomic E-state index is 13.4. The molecule has 2 heterocycles. The molecular weight excluding hydrogens is 486 g/mol. The van der Waals surface area contributed by atoms with Crippen LogP contribution in [0.4, 0.5) is 0 Å². The van der Waals surface area contributed by atoms with Crippen molar-refractivity contribution in [3.8, 4) is 0 Å². The number of β-amino-alcohol motifs (C(OH)–C–C–N with tert-alkyl or cyclic N) is 1. The first-order valence-electron chi connectivity index (χ1n) is 14.7. The van der Waals surface area contributed by atoms with Gasteiger partial charge in [0.25, 0.3) is 0 Å². The third kappa shape index (κ3) is 6.12. The molecule has 5 rings (SSSR count). The molecule has 0 radical (unpaired) electrons. The predicted molar refractivity (Wildman–Crippen MR) is 154 cm³/mol. The normalized spacial score (nSPS) is 24.6. The van der Waals surface area contributed by atoms with Crippen LogP contribution in [0.5, 0.6) is 0 Å². The van der Waals surface area contributed by atoms with E-state index in [0.29, 0.717) is 26.1 Å². The van der Waals surface area contributed by atoms with Gasteiger partial charge < -0.3 is 14.9 Å². The Bertz CT molecular complexity index is 1110. The van der Waals surface area contributed by atoms with Gasteiger partial charge in [0.2, 0.25) is 11.8 Å². The molecule has 0 aromatic heterocycles. The Balaban J connectivity index is 1.26. The van der Waals surface area contributed by atoms with E-state index in [1.54, 1.807) is 0 Å². The van der Waals surface area contributed by atoms with Gasteiger partial charge in [0.05, 0.1) is 12.6 Å². The van der Waals surface area contributed by atoms with Gasteiger partial charge in [-0.15, -0.1) is 6.58 Å². The van der Waals surface area contributed by atoms with E-state index >= 15 is 0 Å². The Kier molecular flexibility index (Phi) is 8.83. The van der Waals surface area contributed by atoms with Crippen LogP contribution in [0.3, 0.4) is 0 Å². The van der Waals surface area contributed by atoms with Crippen molar-refractivity contribution in [2.75, 3.05) is 32.7 Å². The number of benzene rings is 2. The van der Waals surface area contributed by atoms with Gasteiger partial charge in [-0.1, -0.05) is 79.6 Å². The average Bonchev–Trinajstić information content (AvgIpc) is 3.65. The van der Waals surface area contributed by atoms with Crippen molar-refractivity contribution in [1.29, 1.82) is 0 Å². The summed E-state index contributed by atoms with van der Waals surface area (Å²) in [6, 6.07) is 20.0. The second-order valence-electron chi connectivity index (χ2n) is 11.6. The second kappa shape index (κ2) is 12.5. The van der Waals surface area contributed by atoms with Gasteiger partial charge in [0, 0.05) is 44.6 Å². The fourth-order valence-corrected chi connectivity index (χ4v) is 6.99. The molecule has 208 valence electrons. The van der Waals surface area contributed by atoms with Crippen molar-refractivity contribution in [1.82, 2.24) is 14.7 Å². The molecule has 39 heavy (non-hydrogen) atoms. The minimum Gasteiger partial charge on any atom is -0.382 e. The van der Waals surface area contributed by atoms with Gasteiger partial charge >= 0.3 is 0 Å². The number of piperidine rings is 1. The van der Waals surface area contributed by atoms with Gasteiger partial charge in [-0.2, -0.15) is 0 Å². The Morgan fingerprint density at radius 1 is 0.974 bits per heavy atom. The number of aryl methyl sites for hydroxylation is 1. The molecule has 2 saturated heterocycles. The Labute approximate surface area is 233 Å². The van der Waals surface area contributed by atoms with Crippen molar-refractivity contribution < 1.29 is 14.7 Å². The third-order valence-electron chi connectivity index (χ3n) is 9.16. The van der Waals surface area contributed by atoms with Crippen LogP contribution in [0.25, 0.3) is 0 Å². The first kappa shape index (κ1) is 27.6. The first-order chi connectivity index (χ1) is 19.0. The summed E-state index contributed by atoms with van der Waals surface area (Å²) in [6.45, 7) is 6.94. The number of carbonyl (C=O) groups excluding carboxylic acids is 2. The summed E-state index contributed by atoms with van der Waals surface area (Å²) >= 11 is 0. The first-order valence-corrected chi connectivity index (χ1v) is 14.7. The molecule has 3 fully saturated rings. The summed E-state index contributed by atoms with van der Waals surface area (Å²) in [5, 5.41) is 12.1. The van der Waals surface area contributed by atoms with Crippen LogP contribution >= 0.6 is 0 Å². The fraction of sp³-hybridized carbons (Fsp3) is 0.515. The molecule has 2 aromatic rings. The van der Waals surface area contributed by atoms with Crippen LogP contribution in [0.2, 0.25) is 0 Å². The van der Waals surface area contributed by atoms with Crippen LogP contribution in [0, 0.1) is 5.92 Å². The van der Waals surface area contributed by atoms with E-state index in [1.807, 2.05) is 64.4 Å². The van der Waals surface area contributed by atoms with Crippen LogP contribution in [0.1, 0.15) is 56.1 Å². The number of hydrogen-bond donors (Lipinski definition) is 1. The zero-order valence-electron chi connectivity index (χ0n) is 23.1. The molecule has 2 amide bonds. The van der Waals surface area contributed by atoms with Crippen LogP contribution in [-0.2, 0) is 21.6 Å². The lowest BCUT2D eigenvalue weighted by Gasteiger charge is -2.43. The van der Waals surface area contributed by atoms with E-state index in [9.17, 15) is 14.7 Å². The minimum atomic E-state index is -1.10.